The Kier molecular flexibility index (Phi) is 5.14. The number of amides is 1. The molecule has 3 aromatic rings. The van der Waals surface area contributed by atoms with Crippen LogP contribution in [0.4, 0.5) is 0 Å². The summed E-state index contributed by atoms with van der Waals surface area (Å²) in [6, 6.07) is 13.6. The van der Waals surface area contributed by atoms with Crippen molar-refractivity contribution >= 4 is 17.5 Å². The first kappa shape index (κ1) is 17.2. The van der Waals surface area contributed by atoms with Gasteiger partial charge in [-0.15, -0.1) is 5.10 Å². The molecule has 0 aliphatic rings. The van der Waals surface area contributed by atoms with Gasteiger partial charge in [-0.05, 0) is 61.2 Å². The topological polar surface area (TPSA) is 59.8 Å². The van der Waals surface area contributed by atoms with E-state index in [0.717, 1.165) is 17.7 Å². The molecule has 5 nitrogen and oxygen atoms in total. The molecule has 0 radical (unpaired) electrons. The zero-order valence-electron chi connectivity index (χ0n) is 14.2. The summed E-state index contributed by atoms with van der Waals surface area (Å²) in [6.07, 6.45) is 2.37. The Bertz CT molecular complexity index is 887. The average Bonchev–Trinajstić information content (AvgIpc) is 3.09. The predicted octanol–water partition coefficient (Wildman–Crippen LogP) is 3.51. The van der Waals surface area contributed by atoms with E-state index in [-0.39, 0.29) is 5.91 Å². The second kappa shape index (κ2) is 7.49. The fourth-order valence-corrected chi connectivity index (χ4v) is 2.55. The summed E-state index contributed by atoms with van der Waals surface area (Å²) in [6.45, 7) is 4.62. The minimum absolute atomic E-state index is 0.232. The molecule has 25 heavy (non-hydrogen) atoms. The highest BCUT2D eigenvalue weighted by Gasteiger charge is 2.11. The molecule has 0 bridgehead atoms. The van der Waals surface area contributed by atoms with Crippen molar-refractivity contribution in [2.75, 3.05) is 6.54 Å². The van der Waals surface area contributed by atoms with Crippen LogP contribution < -0.4 is 5.32 Å². The number of rotatable bonds is 5. The molecule has 1 amide bonds. The van der Waals surface area contributed by atoms with Crippen molar-refractivity contribution in [1.82, 2.24) is 20.3 Å². The highest BCUT2D eigenvalue weighted by molar-refractivity contribution is 6.30. The van der Waals surface area contributed by atoms with Gasteiger partial charge in [-0.3, -0.25) is 4.79 Å². The molecule has 0 saturated heterocycles. The van der Waals surface area contributed by atoms with Crippen LogP contribution in [0.15, 0.2) is 48.7 Å². The lowest BCUT2D eigenvalue weighted by atomic mass is 10.1. The number of nitrogens with one attached hydrogen (secondary N) is 1. The number of carbonyl (C=O) groups is 1. The molecule has 1 aromatic heterocycles. The maximum absolute atomic E-state index is 12.2. The molecule has 0 aliphatic carbocycles. The molecular formula is C19H19ClN4O. The van der Waals surface area contributed by atoms with E-state index in [1.807, 2.05) is 49.4 Å². The van der Waals surface area contributed by atoms with E-state index in [1.54, 1.807) is 10.9 Å². The summed E-state index contributed by atoms with van der Waals surface area (Å²) < 4.78 is 1.61. The normalized spacial score (nSPS) is 10.7. The third kappa shape index (κ3) is 4.25. The van der Waals surface area contributed by atoms with Crippen molar-refractivity contribution in [3.8, 4) is 5.69 Å². The van der Waals surface area contributed by atoms with E-state index in [9.17, 15) is 4.79 Å². The fourth-order valence-electron chi connectivity index (χ4n) is 2.42. The summed E-state index contributed by atoms with van der Waals surface area (Å²) >= 11 is 5.86. The van der Waals surface area contributed by atoms with Crippen molar-refractivity contribution in [3.63, 3.8) is 0 Å². The lowest BCUT2D eigenvalue weighted by Gasteiger charge is -2.04. The van der Waals surface area contributed by atoms with Crippen LogP contribution >= 0.6 is 11.6 Å². The van der Waals surface area contributed by atoms with Crippen molar-refractivity contribution in [3.05, 3.63) is 76.1 Å². The molecule has 0 aliphatic heterocycles. The fraction of sp³-hybridized carbons (Fsp3) is 0.211. The maximum Gasteiger partial charge on any atom is 0.273 e. The summed E-state index contributed by atoms with van der Waals surface area (Å²) in [5.41, 5.74) is 4.68. The van der Waals surface area contributed by atoms with Crippen LogP contribution in [-0.2, 0) is 6.42 Å². The molecule has 0 spiro atoms. The van der Waals surface area contributed by atoms with Crippen molar-refractivity contribution in [2.45, 2.75) is 20.3 Å². The Labute approximate surface area is 151 Å². The second-order valence-corrected chi connectivity index (χ2v) is 6.39. The highest BCUT2D eigenvalue weighted by Crippen LogP contribution is 2.13. The third-order valence-electron chi connectivity index (χ3n) is 4.09. The SMILES string of the molecule is Cc1ccc(-n2cc(C(=O)NCCc3ccc(Cl)cc3)nn2)cc1C. The number of hydrogen-bond donors (Lipinski definition) is 1. The summed E-state index contributed by atoms with van der Waals surface area (Å²) in [4.78, 5) is 12.2. The van der Waals surface area contributed by atoms with Crippen LogP contribution in [-0.4, -0.2) is 27.4 Å². The third-order valence-corrected chi connectivity index (χ3v) is 4.35. The molecule has 0 unspecified atom stereocenters. The Morgan fingerprint density at radius 3 is 2.60 bits per heavy atom. The Morgan fingerprint density at radius 2 is 1.88 bits per heavy atom. The number of hydrogen-bond acceptors (Lipinski definition) is 3. The van der Waals surface area contributed by atoms with E-state index in [1.165, 1.54) is 11.1 Å². The van der Waals surface area contributed by atoms with E-state index in [2.05, 4.69) is 22.6 Å². The molecular weight excluding hydrogens is 336 g/mol. The van der Waals surface area contributed by atoms with E-state index in [0.29, 0.717) is 17.3 Å². The summed E-state index contributed by atoms with van der Waals surface area (Å²) in [5.74, 6) is -0.232. The van der Waals surface area contributed by atoms with Gasteiger partial charge in [0.1, 0.15) is 0 Å². The van der Waals surface area contributed by atoms with Crippen molar-refractivity contribution < 1.29 is 4.79 Å². The van der Waals surface area contributed by atoms with Gasteiger partial charge in [0.25, 0.3) is 5.91 Å². The van der Waals surface area contributed by atoms with Gasteiger partial charge in [0.05, 0.1) is 11.9 Å². The number of nitrogens with zero attached hydrogens (tertiary/aromatic N) is 3. The Morgan fingerprint density at radius 1 is 1.12 bits per heavy atom. The molecule has 6 heteroatoms. The number of aromatic nitrogens is 3. The molecule has 1 heterocycles. The number of benzene rings is 2. The van der Waals surface area contributed by atoms with Gasteiger partial charge in [-0.25, -0.2) is 4.68 Å². The molecule has 128 valence electrons. The van der Waals surface area contributed by atoms with Gasteiger partial charge in [-0.1, -0.05) is 35.0 Å². The van der Waals surface area contributed by atoms with Gasteiger partial charge in [0, 0.05) is 11.6 Å². The van der Waals surface area contributed by atoms with Crippen molar-refractivity contribution in [1.29, 1.82) is 0 Å². The summed E-state index contributed by atoms with van der Waals surface area (Å²) in [7, 11) is 0. The molecule has 0 saturated carbocycles. The zero-order valence-corrected chi connectivity index (χ0v) is 14.9. The number of carbonyl (C=O) groups excluding carboxylic acids is 1. The standard InChI is InChI=1S/C19H19ClN4O/c1-13-3-8-17(11-14(13)2)24-12-18(22-23-24)19(25)21-10-9-15-4-6-16(20)7-5-15/h3-8,11-12H,9-10H2,1-2H3,(H,21,25). The Balaban J connectivity index is 1.60. The van der Waals surface area contributed by atoms with Gasteiger partial charge in [0.2, 0.25) is 0 Å². The lowest BCUT2D eigenvalue weighted by molar-refractivity contribution is 0.0949. The molecule has 2 aromatic carbocycles. The van der Waals surface area contributed by atoms with Gasteiger partial charge in [-0.2, -0.15) is 0 Å². The largest absolute Gasteiger partial charge is 0.350 e. The smallest absolute Gasteiger partial charge is 0.273 e. The number of halogens is 1. The Hall–Kier alpha value is -2.66. The van der Waals surface area contributed by atoms with Crippen LogP contribution in [0.1, 0.15) is 27.2 Å². The quantitative estimate of drug-likeness (QED) is 0.762. The van der Waals surface area contributed by atoms with Crippen molar-refractivity contribution in [2.24, 2.45) is 0 Å². The highest BCUT2D eigenvalue weighted by atomic mass is 35.5. The van der Waals surface area contributed by atoms with E-state index in [4.69, 9.17) is 11.6 Å². The van der Waals surface area contributed by atoms with Crippen LogP contribution in [0.2, 0.25) is 5.02 Å². The van der Waals surface area contributed by atoms with E-state index >= 15 is 0 Å². The van der Waals surface area contributed by atoms with Crippen LogP contribution in [0.5, 0.6) is 0 Å². The van der Waals surface area contributed by atoms with Crippen LogP contribution in [0, 0.1) is 13.8 Å². The minimum atomic E-state index is -0.232. The first-order valence-corrected chi connectivity index (χ1v) is 8.43. The van der Waals surface area contributed by atoms with Gasteiger partial charge < -0.3 is 5.32 Å². The predicted molar refractivity (Wildman–Crippen MR) is 98.3 cm³/mol. The molecule has 3 rings (SSSR count). The van der Waals surface area contributed by atoms with E-state index < -0.39 is 0 Å². The molecule has 0 fully saturated rings. The average molecular weight is 355 g/mol. The second-order valence-electron chi connectivity index (χ2n) is 5.95. The lowest BCUT2D eigenvalue weighted by Crippen LogP contribution is -2.26. The minimum Gasteiger partial charge on any atom is -0.350 e. The maximum atomic E-state index is 12.2. The van der Waals surface area contributed by atoms with Crippen LogP contribution in [0.25, 0.3) is 5.69 Å². The molecule has 1 N–H and O–H groups in total. The van der Waals surface area contributed by atoms with Crippen LogP contribution in [0.3, 0.4) is 0 Å². The first-order valence-electron chi connectivity index (χ1n) is 8.05. The van der Waals surface area contributed by atoms with Gasteiger partial charge in [0.15, 0.2) is 5.69 Å². The monoisotopic (exact) mass is 354 g/mol. The molecule has 0 atom stereocenters. The first-order chi connectivity index (χ1) is 12.0. The zero-order chi connectivity index (χ0) is 17.8. The number of aryl methyl sites for hydroxylation is 2. The summed E-state index contributed by atoms with van der Waals surface area (Å²) in [5, 5.41) is 11.6. The van der Waals surface area contributed by atoms with Gasteiger partial charge >= 0.3 is 0 Å².